The lowest BCUT2D eigenvalue weighted by Crippen LogP contribution is -2.44. The summed E-state index contributed by atoms with van der Waals surface area (Å²) in [5.74, 6) is 1.27. The molecule has 2 N–H and O–H groups in total. The number of fused-ring (bicyclic) bond motifs is 1. The highest BCUT2D eigenvalue weighted by Crippen LogP contribution is 2.33. The van der Waals surface area contributed by atoms with Gasteiger partial charge in [0.2, 0.25) is 0 Å². The Kier molecular flexibility index (Phi) is 6.19. The number of aromatic nitrogens is 1. The Hall–Kier alpha value is -2.60. The largest absolute Gasteiger partial charge is 0.493 e. The van der Waals surface area contributed by atoms with Gasteiger partial charge in [-0.2, -0.15) is 0 Å². The van der Waals surface area contributed by atoms with Gasteiger partial charge in [-0.25, -0.2) is 0 Å². The number of nitrogens with two attached hydrogens (primary N) is 1. The van der Waals surface area contributed by atoms with Crippen molar-refractivity contribution in [3.05, 3.63) is 53.3 Å². The van der Waals surface area contributed by atoms with Crippen molar-refractivity contribution in [1.82, 2.24) is 9.88 Å². The Morgan fingerprint density at radius 1 is 1.21 bits per heavy atom. The van der Waals surface area contributed by atoms with E-state index in [2.05, 4.69) is 18.0 Å². The van der Waals surface area contributed by atoms with Crippen molar-refractivity contribution < 1.29 is 14.3 Å². The summed E-state index contributed by atoms with van der Waals surface area (Å²) in [6.45, 7) is 3.40. The number of methoxy groups -OCH3 is 2. The molecule has 0 fully saturated rings. The molecule has 0 bridgehead atoms. The predicted molar refractivity (Wildman–Crippen MR) is 109 cm³/mol. The maximum atomic E-state index is 13.0. The number of pyridine rings is 1. The molecule has 6 nitrogen and oxygen atoms in total. The van der Waals surface area contributed by atoms with Crippen LogP contribution in [0.4, 0.5) is 0 Å². The number of aryl methyl sites for hydroxylation is 1. The number of ether oxygens (including phenoxy) is 2. The molecule has 3 rings (SSSR count). The molecule has 28 heavy (non-hydrogen) atoms. The fraction of sp³-hybridized carbons (Fsp3) is 0.455. The Bertz CT molecular complexity index is 821. The average molecular weight is 383 g/mol. The second-order valence-corrected chi connectivity index (χ2v) is 7.67. The van der Waals surface area contributed by atoms with Gasteiger partial charge in [0.25, 0.3) is 5.91 Å². The maximum absolute atomic E-state index is 13.0. The molecule has 0 aliphatic carbocycles. The SMILES string of the molecule is COc1cc2c(cc1OC)C(=O)N(CCC(C)(N)CCc1cccnc1)CC2. The van der Waals surface area contributed by atoms with Crippen molar-refractivity contribution in [1.29, 1.82) is 0 Å². The number of hydrogen-bond acceptors (Lipinski definition) is 5. The highest BCUT2D eigenvalue weighted by molar-refractivity contribution is 5.97. The molecule has 0 radical (unpaired) electrons. The highest BCUT2D eigenvalue weighted by atomic mass is 16.5. The first kappa shape index (κ1) is 20.1. The highest BCUT2D eigenvalue weighted by Gasteiger charge is 2.28. The standard InChI is InChI=1S/C22H29N3O3/c1-22(23,8-6-16-5-4-10-24-15-16)9-12-25-11-7-17-13-19(27-2)20(28-3)14-18(17)21(25)26/h4-5,10,13-15H,6-9,11-12,23H2,1-3H3. The normalized spacial score (nSPS) is 15.7. The van der Waals surface area contributed by atoms with E-state index in [9.17, 15) is 4.79 Å². The van der Waals surface area contributed by atoms with Gasteiger partial charge in [-0.15, -0.1) is 0 Å². The molecule has 6 heteroatoms. The minimum Gasteiger partial charge on any atom is -0.493 e. The molecule has 2 heterocycles. The van der Waals surface area contributed by atoms with E-state index < -0.39 is 0 Å². The van der Waals surface area contributed by atoms with E-state index in [-0.39, 0.29) is 11.4 Å². The van der Waals surface area contributed by atoms with Gasteiger partial charge < -0.3 is 20.1 Å². The fourth-order valence-corrected chi connectivity index (χ4v) is 3.56. The summed E-state index contributed by atoms with van der Waals surface area (Å²) in [7, 11) is 3.19. The van der Waals surface area contributed by atoms with E-state index in [1.165, 1.54) is 5.56 Å². The number of hydrogen-bond donors (Lipinski definition) is 1. The van der Waals surface area contributed by atoms with Crippen molar-refractivity contribution in [3.8, 4) is 11.5 Å². The molecule has 1 aromatic heterocycles. The van der Waals surface area contributed by atoms with Crippen molar-refractivity contribution >= 4 is 5.91 Å². The minimum absolute atomic E-state index is 0.0327. The Morgan fingerprint density at radius 2 is 1.96 bits per heavy atom. The minimum atomic E-state index is -0.339. The van der Waals surface area contributed by atoms with Crippen LogP contribution in [0.1, 0.15) is 41.3 Å². The summed E-state index contributed by atoms with van der Waals surface area (Å²) >= 11 is 0. The van der Waals surface area contributed by atoms with Crippen LogP contribution in [-0.4, -0.2) is 48.6 Å². The zero-order chi connectivity index (χ0) is 20.1. The second kappa shape index (κ2) is 8.61. The van der Waals surface area contributed by atoms with Crippen LogP contribution < -0.4 is 15.2 Å². The molecule has 1 aliphatic rings. The van der Waals surface area contributed by atoms with Crippen LogP contribution in [0, 0.1) is 0 Å². The summed E-state index contributed by atoms with van der Waals surface area (Å²) in [6.07, 6.45) is 6.94. The summed E-state index contributed by atoms with van der Waals surface area (Å²) in [4.78, 5) is 19.0. The van der Waals surface area contributed by atoms with Crippen LogP contribution in [0.25, 0.3) is 0 Å². The monoisotopic (exact) mass is 383 g/mol. The lowest BCUT2D eigenvalue weighted by Gasteiger charge is -2.33. The summed E-state index contributed by atoms with van der Waals surface area (Å²) in [5, 5.41) is 0. The van der Waals surface area contributed by atoms with Gasteiger partial charge in [0.1, 0.15) is 0 Å². The Balaban J connectivity index is 1.62. The van der Waals surface area contributed by atoms with Crippen molar-refractivity contribution in [2.75, 3.05) is 27.3 Å². The first-order valence-electron chi connectivity index (χ1n) is 9.65. The van der Waals surface area contributed by atoms with Gasteiger partial charge in [0.15, 0.2) is 11.5 Å². The third-order valence-corrected chi connectivity index (χ3v) is 5.44. The number of carbonyl (C=O) groups excluding carboxylic acids is 1. The van der Waals surface area contributed by atoms with E-state index >= 15 is 0 Å². The van der Waals surface area contributed by atoms with Gasteiger partial charge >= 0.3 is 0 Å². The molecule has 0 saturated heterocycles. The summed E-state index contributed by atoms with van der Waals surface area (Å²) < 4.78 is 10.7. The lowest BCUT2D eigenvalue weighted by molar-refractivity contribution is 0.0726. The Labute approximate surface area is 166 Å². The molecule has 2 aromatic rings. The van der Waals surface area contributed by atoms with Crippen LogP contribution >= 0.6 is 0 Å². The summed E-state index contributed by atoms with van der Waals surface area (Å²) in [6, 6.07) is 7.70. The van der Waals surface area contributed by atoms with Gasteiger partial charge in [0.05, 0.1) is 14.2 Å². The third kappa shape index (κ3) is 4.62. The zero-order valence-corrected chi connectivity index (χ0v) is 16.9. The number of amides is 1. The molecule has 150 valence electrons. The second-order valence-electron chi connectivity index (χ2n) is 7.67. The molecule has 1 aromatic carbocycles. The molecule has 1 atom stereocenters. The van der Waals surface area contributed by atoms with Gasteiger partial charge in [-0.1, -0.05) is 6.07 Å². The summed E-state index contributed by atoms with van der Waals surface area (Å²) in [5.41, 5.74) is 9.05. The van der Waals surface area contributed by atoms with Crippen LogP contribution in [0.5, 0.6) is 11.5 Å². The molecular formula is C22H29N3O3. The van der Waals surface area contributed by atoms with Crippen LogP contribution in [-0.2, 0) is 12.8 Å². The number of benzene rings is 1. The Morgan fingerprint density at radius 3 is 2.64 bits per heavy atom. The van der Waals surface area contributed by atoms with Crippen molar-refractivity contribution in [2.24, 2.45) is 5.73 Å². The predicted octanol–water partition coefficient (Wildman–Crippen LogP) is 2.84. The van der Waals surface area contributed by atoms with Crippen LogP contribution in [0.3, 0.4) is 0 Å². The number of carbonyl (C=O) groups is 1. The van der Waals surface area contributed by atoms with E-state index in [1.54, 1.807) is 26.5 Å². The average Bonchev–Trinajstić information content (AvgIpc) is 2.72. The van der Waals surface area contributed by atoms with Crippen LogP contribution in [0.2, 0.25) is 0 Å². The van der Waals surface area contributed by atoms with E-state index in [0.717, 1.165) is 31.2 Å². The lowest BCUT2D eigenvalue weighted by atomic mass is 9.90. The van der Waals surface area contributed by atoms with Gasteiger partial charge in [-0.3, -0.25) is 9.78 Å². The quantitative estimate of drug-likeness (QED) is 0.758. The molecule has 1 aliphatic heterocycles. The molecule has 0 spiro atoms. The van der Waals surface area contributed by atoms with Crippen molar-refractivity contribution in [3.63, 3.8) is 0 Å². The van der Waals surface area contributed by atoms with E-state index in [0.29, 0.717) is 30.2 Å². The first-order valence-corrected chi connectivity index (χ1v) is 9.65. The molecular weight excluding hydrogens is 354 g/mol. The maximum Gasteiger partial charge on any atom is 0.254 e. The number of rotatable bonds is 8. The smallest absolute Gasteiger partial charge is 0.254 e. The van der Waals surface area contributed by atoms with Crippen molar-refractivity contribution in [2.45, 2.75) is 38.1 Å². The molecule has 1 amide bonds. The third-order valence-electron chi connectivity index (χ3n) is 5.44. The van der Waals surface area contributed by atoms with E-state index in [4.69, 9.17) is 15.2 Å². The van der Waals surface area contributed by atoms with Gasteiger partial charge in [-0.05, 0) is 61.9 Å². The number of nitrogens with zero attached hydrogens (tertiary/aromatic N) is 2. The molecule has 0 saturated carbocycles. The van der Waals surface area contributed by atoms with E-state index in [1.807, 2.05) is 23.2 Å². The zero-order valence-electron chi connectivity index (χ0n) is 16.9. The topological polar surface area (TPSA) is 77.7 Å². The fourth-order valence-electron chi connectivity index (χ4n) is 3.56. The first-order chi connectivity index (χ1) is 13.4. The van der Waals surface area contributed by atoms with Crippen LogP contribution in [0.15, 0.2) is 36.7 Å². The molecule has 1 unspecified atom stereocenters. The van der Waals surface area contributed by atoms with Gasteiger partial charge in [0, 0.05) is 36.6 Å².